The fraction of sp³-hybridized carbons (Fsp3) is 0.364. The van der Waals surface area contributed by atoms with Crippen LogP contribution in [0, 0.1) is 11.8 Å². The summed E-state index contributed by atoms with van der Waals surface area (Å²) in [5, 5.41) is 1.46. The monoisotopic (exact) mass is 497 g/mol. The van der Waals surface area contributed by atoms with Crippen molar-refractivity contribution in [1.29, 1.82) is 0 Å². The molecule has 3 aliphatic heterocycles. The molecule has 0 spiro atoms. The number of carbonyl (C=O) groups is 2. The van der Waals surface area contributed by atoms with Gasteiger partial charge < -0.3 is 0 Å². The minimum Gasteiger partial charge on any atom is -0.291 e. The van der Waals surface area contributed by atoms with E-state index < -0.39 is 5.91 Å². The number of hydrazine groups is 1. The van der Waals surface area contributed by atoms with Crippen molar-refractivity contribution in [3.05, 3.63) is 68.7 Å². The van der Waals surface area contributed by atoms with E-state index in [0.717, 1.165) is 31.7 Å². The first-order valence-electron chi connectivity index (χ1n) is 10.1. The summed E-state index contributed by atoms with van der Waals surface area (Å²) in [6.07, 6.45) is 1.99. The van der Waals surface area contributed by atoms with Crippen molar-refractivity contribution in [2.75, 3.05) is 13.1 Å². The van der Waals surface area contributed by atoms with Gasteiger partial charge in [-0.2, -0.15) is 0 Å². The third-order valence-electron chi connectivity index (χ3n) is 5.86. The van der Waals surface area contributed by atoms with Crippen molar-refractivity contribution in [3.8, 4) is 0 Å². The van der Waals surface area contributed by atoms with Crippen LogP contribution < -0.4 is 10.9 Å². The molecule has 5 rings (SSSR count). The molecule has 3 fully saturated rings. The number of hydrogen-bond acceptors (Lipinski definition) is 4. The van der Waals surface area contributed by atoms with E-state index in [-0.39, 0.29) is 27.8 Å². The third kappa shape index (κ3) is 5.32. The molecule has 0 aliphatic carbocycles. The van der Waals surface area contributed by atoms with E-state index in [1.165, 1.54) is 17.7 Å². The zero-order valence-electron chi connectivity index (χ0n) is 16.6. The maximum Gasteiger partial charge on any atom is 0.271 e. The number of carbonyl (C=O) groups excluding carboxylic acids is 2. The molecular formula is C22H22Cl3N3O2S. The lowest BCUT2D eigenvalue weighted by molar-refractivity contribution is -0.133. The van der Waals surface area contributed by atoms with Gasteiger partial charge in [0.25, 0.3) is 5.91 Å². The topological polar surface area (TPSA) is 61.4 Å². The first-order valence-corrected chi connectivity index (χ1v) is 12.3. The average molecular weight is 499 g/mol. The van der Waals surface area contributed by atoms with Crippen LogP contribution in [0.2, 0.25) is 15.1 Å². The van der Waals surface area contributed by atoms with Crippen molar-refractivity contribution in [1.82, 2.24) is 15.8 Å². The van der Waals surface area contributed by atoms with Crippen LogP contribution in [0.15, 0.2) is 42.5 Å². The summed E-state index contributed by atoms with van der Waals surface area (Å²) >= 11 is 19.7. The normalized spacial score (nSPS) is 24.6. The van der Waals surface area contributed by atoms with Crippen molar-refractivity contribution in [3.63, 3.8) is 0 Å². The molecule has 2 atom stereocenters. The Morgan fingerprint density at radius 1 is 0.968 bits per heavy atom. The van der Waals surface area contributed by atoms with Crippen LogP contribution in [-0.2, 0) is 10.5 Å². The Morgan fingerprint density at radius 2 is 1.65 bits per heavy atom. The van der Waals surface area contributed by atoms with E-state index in [1.807, 2.05) is 24.3 Å². The van der Waals surface area contributed by atoms with Crippen molar-refractivity contribution >= 4 is 58.4 Å². The molecular weight excluding hydrogens is 477 g/mol. The number of nitrogens with zero attached hydrogens (tertiary/aromatic N) is 1. The molecule has 3 heterocycles. The van der Waals surface area contributed by atoms with Gasteiger partial charge >= 0.3 is 0 Å². The van der Waals surface area contributed by atoms with Crippen molar-refractivity contribution in [2.24, 2.45) is 11.8 Å². The van der Waals surface area contributed by atoms with Crippen LogP contribution in [0.1, 0.15) is 28.8 Å². The number of rotatable bonds is 5. The first-order chi connectivity index (χ1) is 14.9. The number of fused-ring (bicyclic) bond motifs is 3. The molecule has 2 bridgehead atoms. The summed E-state index contributed by atoms with van der Waals surface area (Å²) in [6, 6.07) is 12.4. The molecule has 31 heavy (non-hydrogen) atoms. The summed E-state index contributed by atoms with van der Waals surface area (Å²) in [6.45, 7) is 2.00. The fourth-order valence-corrected chi connectivity index (χ4v) is 6.40. The summed E-state index contributed by atoms with van der Waals surface area (Å²) in [5.41, 5.74) is 6.56. The Balaban J connectivity index is 1.40. The Kier molecular flexibility index (Phi) is 7.34. The van der Waals surface area contributed by atoms with Gasteiger partial charge in [-0.3, -0.25) is 25.3 Å². The molecule has 2 N–H and O–H groups in total. The number of piperidine rings is 3. The molecule has 2 amide bonds. The minimum atomic E-state index is -0.471. The van der Waals surface area contributed by atoms with Crippen LogP contribution in [0.25, 0.3) is 0 Å². The zero-order valence-corrected chi connectivity index (χ0v) is 19.7. The Bertz CT molecular complexity index is 965. The standard InChI is InChI=1S/C22H22Cl3N3O2S/c23-15-3-1-13(2-4-15)12-31-22-19(14-7-9-28(22)10-8-14)21(30)27-26-20(29)17-6-5-16(24)11-18(17)25/h1-6,11,14,19,22H,7-10,12H2,(H,26,29)(H,27,30). The molecule has 2 aromatic carbocycles. The largest absolute Gasteiger partial charge is 0.291 e. The molecule has 3 aliphatic rings. The highest BCUT2D eigenvalue weighted by molar-refractivity contribution is 7.99. The molecule has 9 heteroatoms. The van der Waals surface area contributed by atoms with E-state index in [1.54, 1.807) is 17.8 Å². The molecule has 0 saturated carbocycles. The lowest BCUT2D eigenvalue weighted by Crippen LogP contribution is -2.59. The predicted octanol–water partition coefficient (Wildman–Crippen LogP) is 5.01. The second-order valence-corrected chi connectivity index (χ2v) is 10.2. The quantitative estimate of drug-likeness (QED) is 0.569. The number of nitrogens with one attached hydrogen (secondary N) is 2. The van der Waals surface area contributed by atoms with Gasteiger partial charge in [0.05, 0.1) is 21.9 Å². The van der Waals surface area contributed by atoms with Crippen LogP contribution in [0.5, 0.6) is 0 Å². The highest BCUT2D eigenvalue weighted by atomic mass is 35.5. The van der Waals surface area contributed by atoms with Gasteiger partial charge in [0.1, 0.15) is 0 Å². The highest BCUT2D eigenvalue weighted by Gasteiger charge is 2.46. The van der Waals surface area contributed by atoms with Crippen LogP contribution in [0.4, 0.5) is 0 Å². The van der Waals surface area contributed by atoms with Crippen LogP contribution in [0.3, 0.4) is 0 Å². The lowest BCUT2D eigenvalue weighted by atomic mass is 9.78. The van der Waals surface area contributed by atoms with E-state index in [4.69, 9.17) is 34.8 Å². The number of benzene rings is 2. The van der Waals surface area contributed by atoms with E-state index in [9.17, 15) is 9.59 Å². The Hall–Kier alpha value is -1.44. The molecule has 164 valence electrons. The molecule has 0 aromatic heterocycles. The average Bonchev–Trinajstić information content (AvgIpc) is 2.77. The van der Waals surface area contributed by atoms with Crippen molar-refractivity contribution < 1.29 is 9.59 Å². The summed E-state index contributed by atoms with van der Waals surface area (Å²) in [5.74, 6) is 0.273. The highest BCUT2D eigenvalue weighted by Crippen LogP contribution is 2.42. The molecule has 5 nitrogen and oxygen atoms in total. The van der Waals surface area contributed by atoms with Crippen molar-refractivity contribution in [2.45, 2.75) is 24.0 Å². The number of thioether (sulfide) groups is 1. The van der Waals surface area contributed by atoms with Crippen LogP contribution >= 0.6 is 46.6 Å². The fourth-order valence-electron chi connectivity index (χ4n) is 4.25. The number of amides is 2. The summed E-state index contributed by atoms with van der Waals surface area (Å²) in [4.78, 5) is 27.9. The maximum absolute atomic E-state index is 13.1. The Labute approximate surface area is 200 Å². The van der Waals surface area contributed by atoms with Gasteiger partial charge in [0.15, 0.2) is 0 Å². The summed E-state index contributed by atoms with van der Waals surface area (Å²) < 4.78 is 0. The van der Waals surface area contributed by atoms with E-state index in [0.29, 0.717) is 16.0 Å². The van der Waals surface area contributed by atoms with Gasteiger partial charge in [-0.25, -0.2) is 0 Å². The number of hydrogen-bond donors (Lipinski definition) is 2. The minimum absolute atomic E-state index is 0.0687. The Morgan fingerprint density at radius 3 is 2.32 bits per heavy atom. The predicted molar refractivity (Wildman–Crippen MR) is 126 cm³/mol. The molecule has 2 unspecified atom stereocenters. The van der Waals surface area contributed by atoms with Gasteiger partial charge in [-0.15, -0.1) is 11.8 Å². The first kappa shape index (κ1) is 22.7. The van der Waals surface area contributed by atoms with E-state index >= 15 is 0 Å². The number of halogens is 3. The smallest absolute Gasteiger partial charge is 0.271 e. The SMILES string of the molecule is O=C(NNC(=O)C1C2CCN(CC2)C1SCc1ccc(Cl)cc1)c1ccc(Cl)cc1Cl. The maximum atomic E-state index is 13.1. The van der Waals surface area contributed by atoms with Crippen LogP contribution in [-0.4, -0.2) is 35.2 Å². The van der Waals surface area contributed by atoms with E-state index in [2.05, 4.69) is 15.8 Å². The van der Waals surface area contributed by atoms with Gasteiger partial charge in [-0.05, 0) is 67.7 Å². The second kappa shape index (κ2) is 10.0. The summed E-state index contributed by atoms with van der Waals surface area (Å²) in [7, 11) is 0. The third-order valence-corrected chi connectivity index (χ3v) is 8.09. The van der Waals surface area contributed by atoms with Gasteiger partial charge in [-0.1, -0.05) is 46.9 Å². The second-order valence-electron chi connectivity index (χ2n) is 7.79. The lowest BCUT2D eigenvalue weighted by Gasteiger charge is -2.49. The van der Waals surface area contributed by atoms with Gasteiger partial charge in [0, 0.05) is 15.8 Å². The van der Waals surface area contributed by atoms with Gasteiger partial charge in [0.2, 0.25) is 5.91 Å². The zero-order chi connectivity index (χ0) is 22.0. The molecule has 2 aromatic rings. The molecule has 0 radical (unpaired) electrons. The molecule has 3 saturated heterocycles.